The van der Waals surface area contributed by atoms with Gasteiger partial charge in [-0.3, -0.25) is 9.59 Å². The summed E-state index contributed by atoms with van der Waals surface area (Å²) < 4.78 is 69.1. The monoisotopic (exact) mass is 931 g/mol. The van der Waals surface area contributed by atoms with E-state index >= 15 is 0 Å². The van der Waals surface area contributed by atoms with Crippen molar-refractivity contribution in [2.45, 2.75) is 23.6 Å². The Bertz CT molecular complexity index is 2610. The Morgan fingerprint density at radius 1 is 0.569 bits per heavy atom. The van der Waals surface area contributed by atoms with Crippen LogP contribution in [0.4, 0.5) is 22.7 Å². The minimum absolute atomic E-state index is 0. The molecule has 0 saturated heterocycles. The molecule has 26 heteroatoms. The van der Waals surface area contributed by atoms with E-state index in [0.717, 1.165) is 33.6 Å². The van der Waals surface area contributed by atoms with Gasteiger partial charge in [0.25, 0.3) is 11.1 Å². The zero-order valence-corrected chi connectivity index (χ0v) is 41.1. The van der Waals surface area contributed by atoms with Crippen molar-refractivity contribution in [2.24, 2.45) is 20.5 Å². The molecule has 6 rings (SSSR count). The predicted octanol–water partition coefficient (Wildman–Crippen LogP) is -4.69. The third-order valence-electron chi connectivity index (χ3n) is 7.03. The van der Waals surface area contributed by atoms with Gasteiger partial charge in [-0.25, -0.2) is 16.8 Å². The van der Waals surface area contributed by atoms with Crippen molar-refractivity contribution in [1.82, 2.24) is 19.6 Å². The van der Waals surface area contributed by atoms with Crippen LogP contribution in [-0.4, -0.2) is 35.3 Å². The SMILES string of the molecule is Cc1[n-]n(-c2ccccc2)c(=O)c1N=Nc1cc(Cl)cc(S(=O)(=O)[O-])c1[O-].Cc1[n-]n(-c2ccccc2)c(=O)c1N=Nc1cc(Cl)cc(S(=O)(=O)[O-])c1[O-].[Cr+3].[Na+].[Na+].[Na+]. The molecule has 283 valence electrons. The summed E-state index contributed by atoms with van der Waals surface area (Å²) in [5, 5.41) is 46.7. The maximum Gasteiger partial charge on any atom is 3.00 e. The molecule has 0 saturated carbocycles. The Hall–Kier alpha value is -2.37. The molecule has 0 unspecified atom stereocenters. The van der Waals surface area contributed by atoms with E-state index in [2.05, 4.69) is 30.7 Å². The zero-order valence-electron chi connectivity index (χ0n) is 30.7. The molecule has 58 heavy (non-hydrogen) atoms. The first-order valence-electron chi connectivity index (χ1n) is 14.8. The van der Waals surface area contributed by atoms with E-state index in [1.54, 1.807) is 60.7 Å². The molecular weight excluding hydrogens is 912 g/mol. The molecule has 0 amide bonds. The van der Waals surface area contributed by atoms with E-state index in [9.17, 15) is 45.7 Å². The minimum Gasteiger partial charge on any atom is -0.870 e. The Morgan fingerprint density at radius 3 is 1.17 bits per heavy atom. The largest absolute Gasteiger partial charge is 3.00 e. The molecule has 0 N–H and O–H groups in total. The second-order valence-corrected chi connectivity index (χ2v) is 14.4. The van der Waals surface area contributed by atoms with Crippen LogP contribution < -0.4 is 120 Å². The van der Waals surface area contributed by atoms with Crippen LogP contribution in [0, 0.1) is 13.8 Å². The molecule has 4 aromatic carbocycles. The topological polar surface area (TPSA) is 282 Å². The van der Waals surface area contributed by atoms with Gasteiger partial charge in [0, 0.05) is 21.4 Å². The summed E-state index contributed by atoms with van der Waals surface area (Å²) >= 11 is 11.5. The fourth-order valence-electron chi connectivity index (χ4n) is 4.55. The number of aryl methyl sites for hydroxylation is 2. The predicted molar refractivity (Wildman–Crippen MR) is 186 cm³/mol. The molecule has 1 radical (unpaired) electrons. The van der Waals surface area contributed by atoms with Gasteiger partial charge in [0.15, 0.2) is 0 Å². The summed E-state index contributed by atoms with van der Waals surface area (Å²) in [6.45, 7) is 3.05. The molecule has 0 spiro atoms. The van der Waals surface area contributed by atoms with E-state index < -0.39 is 64.0 Å². The number of hydrogen-bond donors (Lipinski definition) is 0. The van der Waals surface area contributed by atoms with Crippen LogP contribution in [0.15, 0.2) is 125 Å². The molecule has 18 nitrogen and oxygen atoms in total. The van der Waals surface area contributed by atoms with E-state index in [1.807, 2.05) is 0 Å². The minimum atomic E-state index is -5.04. The summed E-state index contributed by atoms with van der Waals surface area (Å²) in [6.07, 6.45) is 0. The zero-order chi connectivity index (χ0) is 39.5. The number of rotatable bonds is 8. The smallest absolute Gasteiger partial charge is 0.870 e. The second-order valence-electron chi connectivity index (χ2n) is 10.8. The third-order valence-corrected chi connectivity index (χ3v) is 9.15. The second kappa shape index (κ2) is 22.5. The molecular formula is C32H20Cl2CrN8Na3O10S2. The molecule has 0 aliphatic heterocycles. The Morgan fingerprint density at radius 2 is 0.879 bits per heavy atom. The number of para-hydroxylation sites is 2. The van der Waals surface area contributed by atoms with E-state index in [4.69, 9.17) is 23.2 Å². The summed E-state index contributed by atoms with van der Waals surface area (Å²) in [5.74, 6) is -2.31. The fourth-order valence-corrected chi connectivity index (χ4v) is 6.31. The van der Waals surface area contributed by atoms with Gasteiger partial charge in [0.05, 0.1) is 21.2 Å². The van der Waals surface area contributed by atoms with Gasteiger partial charge in [0.2, 0.25) is 0 Å². The number of nitrogens with zero attached hydrogens (tertiary/aromatic N) is 8. The first kappa shape index (κ1) is 53.7. The third kappa shape index (κ3) is 12.8. The van der Waals surface area contributed by atoms with E-state index in [1.165, 1.54) is 13.8 Å². The normalized spacial score (nSPS) is 11.1. The Labute approximate surface area is 416 Å². The summed E-state index contributed by atoms with van der Waals surface area (Å²) in [5.41, 5.74) is -0.862. The summed E-state index contributed by atoms with van der Waals surface area (Å²) in [6, 6.07) is 20.7. The van der Waals surface area contributed by atoms with Crippen molar-refractivity contribution in [3.8, 4) is 22.9 Å². The quantitative estimate of drug-likeness (QED) is 0.0791. The van der Waals surface area contributed by atoms with Crippen LogP contribution in [0.1, 0.15) is 11.4 Å². The van der Waals surface area contributed by atoms with Crippen molar-refractivity contribution in [3.05, 3.63) is 127 Å². The number of halogens is 2. The van der Waals surface area contributed by atoms with Crippen LogP contribution in [0.3, 0.4) is 0 Å². The van der Waals surface area contributed by atoms with Crippen molar-refractivity contribution in [3.63, 3.8) is 0 Å². The maximum absolute atomic E-state index is 12.5. The van der Waals surface area contributed by atoms with Crippen LogP contribution in [-0.2, 0) is 37.6 Å². The first-order chi connectivity index (χ1) is 25.4. The van der Waals surface area contributed by atoms with E-state index in [0.29, 0.717) is 11.4 Å². The fraction of sp³-hybridized carbons (Fsp3) is 0.0625. The molecule has 0 aliphatic rings. The molecule has 6 aromatic rings. The average molecular weight is 933 g/mol. The van der Waals surface area contributed by atoms with Crippen LogP contribution >= 0.6 is 23.2 Å². The molecule has 0 fully saturated rings. The van der Waals surface area contributed by atoms with Crippen molar-refractivity contribution in [1.29, 1.82) is 0 Å². The maximum atomic E-state index is 12.5. The van der Waals surface area contributed by atoms with Crippen molar-refractivity contribution < 1.29 is 142 Å². The first-order valence-corrected chi connectivity index (χ1v) is 18.3. The molecule has 0 bridgehead atoms. The van der Waals surface area contributed by atoms with Crippen LogP contribution in [0.25, 0.3) is 11.4 Å². The number of aromatic nitrogens is 4. The number of benzene rings is 4. The van der Waals surface area contributed by atoms with Gasteiger partial charge in [-0.1, -0.05) is 84.9 Å². The Balaban J connectivity index is 0.000000543. The molecule has 2 heterocycles. The van der Waals surface area contributed by atoms with E-state index in [-0.39, 0.29) is 139 Å². The number of azo groups is 2. The summed E-state index contributed by atoms with van der Waals surface area (Å²) in [4.78, 5) is 22.9. The Kier molecular flexibility index (Phi) is 20.8. The standard InChI is InChI=1S/2C16H13ClN4O5S.Cr.3Na/c2*1-9-14(16(23)21(20-9)11-5-3-2-4-6-11)19-18-12-7-10(17)8-13(15(12)22)27(24,25)26;;;;/h2*2-8H,1H3,(H3,18,19,20,22,23,24,25,26);;;;/q;;+3;3*+1/p-6. The van der Waals surface area contributed by atoms with Gasteiger partial charge >= 0.3 is 106 Å². The molecule has 0 atom stereocenters. The average Bonchev–Trinajstić information content (AvgIpc) is 3.57. The van der Waals surface area contributed by atoms with Gasteiger partial charge in [-0.05, 0) is 48.5 Å². The van der Waals surface area contributed by atoms with Gasteiger partial charge in [-0.2, -0.15) is 10.2 Å². The van der Waals surface area contributed by atoms with Crippen molar-refractivity contribution in [2.75, 3.05) is 0 Å². The van der Waals surface area contributed by atoms with Crippen LogP contribution in [0.5, 0.6) is 11.5 Å². The summed E-state index contributed by atoms with van der Waals surface area (Å²) in [7, 11) is -10.1. The van der Waals surface area contributed by atoms with Gasteiger partial charge in [-0.15, -0.1) is 21.6 Å². The van der Waals surface area contributed by atoms with Crippen molar-refractivity contribution >= 4 is 66.2 Å². The van der Waals surface area contributed by atoms with Gasteiger partial charge < -0.3 is 38.9 Å². The molecule has 0 aliphatic carbocycles. The molecule has 2 aromatic heterocycles. The van der Waals surface area contributed by atoms with Gasteiger partial charge in [0.1, 0.15) is 31.6 Å². The number of hydrogen-bond acceptors (Lipinski definition) is 14. The van der Waals surface area contributed by atoms with Crippen LogP contribution in [0.2, 0.25) is 10.0 Å².